The summed E-state index contributed by atoms with van der Waals surface area (Å²) in [5.74, 6) is 1.81. The van der Waals surface area contributed by atoms with E-state index in [1.54, 1.807) is 0 Å². The Hall–Kier alpha value is -2.03. The normalized spacial score (nSPS) is 14.0. The van der Waals surface area contributed by atoms with Gasteiger partial charge in [-0.2, -0.15) is 0 Å². The molecule has 0 saturated heterocycles. The van der Waals surface area contributed by atoms with Crippen molar-refractivity contribution < 1.29 is 9.53 Å². The lowest BCUT2D eigenvalue weighted by atomic mass is 10.0. The Balaban J connectivity index is 1.72. The molecule has 3 nitrogen and oxygen atoms in total. The molecule has 3 heteroatoms. The van der Waals surface area contributed by atoms with Crippen molar-refractivity contribution in [2.75, 3.05) is 13.2 Å². The highest BCUT2D eigenvalue weighted by Gasteiger charge is 2.21. The van der Waals surface area contributed by atoms with Crippen LogP contribution in [0.4, 0.5) is 0 Å². The molecule has 0 aromatic heterocycles. The number of ether oxygens (including phenoxy) is 1. The number of fused-ring (bicyclic) bond motifs is 1. The minimum absolute atomic E-state index is 0.105. The fraction of sp³-hybridized carbons (Fsp3) is 0.421. The van der Waals surface area contributed by atoms with Gasteiger partial charge in [-0.05, 0) is 53.6 Å². The van der Waals surface area contributed by atoms with Crippen LogP contribution in [0.15, 0.2) is 36.4 Å². The van der Waals surface area contributed by atoms with Crippen LogP contribution in [0.3, 0.4) is 0 Å². The number of hydrogen-bond donors (Lipinski definition) is 1. The summed E-state index contributed by atoms with van der Waals surface area (Å²) in [6.45, 7) is 3.38. The molecule has 1 saturated carbocycles. The van der Waals surface area contributed by atoms with E-state index in [4.69, 9.17) is 4.74 Å². The van der Waals surface area contributed by atoms with E-state index in [2.05, 4.69) is 35.6 Å². The molecular weight excluding hydrogens is 274 g/mol. The summed E-state index contributed by atoms with van der Waals surface area (Å²) in [7, 11) is 0. The molecule has 0 heterocycles. The van der Waals surface area contributed by atoms with E-state index in [1.807, 2.05) is 13.0 Å². The van der Waals surface area contributed by atoms with Gasteiger partial charge < -0.3 is 10.1 Å². The minimum Gasteiger partial charge on any atom is -0.493 e. The molecule has 1 fully saturated rings. The summed E-state index contributed by atoms with van der Waals surface area (Å²) in [4.78, 5) is 11.3. The molecule has 0 bridgehead atoms. The van der Waals surface area contributed by atoms with E-state index in [0.29, 0.717) is 13.0 Å². The van der Waals surface area contributed by atoms with E-state index in [1.165, 1.54) is 29.2 Å². The number of nitrogens with one attached hydrogen (secondary N) is 1. The van der Waals surface area contributed by atoms with Gasteiger partial charge in [0.25, 0.3) is 0 Å². The second kappa shape index (κ2) is 6.82. The summed E-state index contributed by atoms with van der Waals surface area (Å²) >= 11 is 0. The Labute approximate surface area is 131 Å². The second-order valence-corrected chi connectivity index (χ2v) is 6.01. The van der Waals surface area contributed by atoms with E-state index in [9.17, 15) is 4.79 Å². The van der Waals surface area contributed by atoms with Crippen molar-refractivity contribution in [3.05, 3.63) is 42.0 Å². The van der Waals surface area contributed by atoms with Crippen LogP contribution in [0, 0.1) is 5.92 Å². The largest absolute Gasteiger partial charge is 0.493 e. The van der Waals surface area contributed by atoms with Crippen LogP contribution in [-0.4, -0.2) is 19.1 Å². The smallest absolute Gasteiger partial charge is 0.219 e. The van der Waals surface area contributed by atoms with Crippen LogP contribution in [-0.2, 0) is 11.2 Å². The number of carbonyl (C=O) groups is 1. The Kier molecular flexibility index (Phi) is 4.62. The van der Waals surface area contributed by atoms with Gasteiger partial charge in [-0.15, -0.1) is 0 Å². The molecule has 1 amide bonds. The molecule has 2 aromatic rings. The fourth-order valence-corrected chi connectivity index (χ4v) is 2.58. The number of carbonyl (C=O) groups excluding carboxylic acids is 1. The lowest BCUT2D eigenvalue weighted by Gasteiger charge is -2.10. The number of benzene rings is 2. The van der Waals surface area contributed by atoms with Crippen molar-refractivity contribution in [3.8, 4) is 5.75 Å². The van der Waals surface area contributed by atoms with Crippen molar-refractivity contribution in [1.29, 1.82) is 0 Å². The maximum absolute atomic E-state index is 11.3. The van der Waals surface area contributed by atoms with Gasteiger partial charge in [-0.25, -0.2) is 0 Å². The van der Waals surface area contributed by atoms with Crippen molar-refractivity contribution in [2.24, 2.45) is 5.92 Å². The van der Waals surface area contributed by atoms with Crippen LogP contribution < -0.4 is 10.1 Å². The van der Waals surface area contributed by atoms with Crippen molar-refractivity contribution in [3.63, 3.8) is 0 Å². The van der Waals surface area contributed by atoms with Crippen molar-refractivity contribution >= 4 is 16.7 Å². The fourth-order valence-electron chi connectivity index (χ4n) is 2.58. The van der Waals surface area contributed by atoms with Gasteiger partial charge in [0.05, 0.1) is 6.61 Å². The average molecular weight is 297 g/mol. The Morgan fingerprint density at radius 2 is 2.14 bits per heavy atom. The zero-order valence-corrected chi connectivity index (χ0v) is 13.1. The maximum Gasteiger partial charge on any atom is 0.219 e. The van der Waals surface area contributed by atoms with Gasteiger partial charge in [-0.1, -0.05) is 31.2 Å². The molecule has 0 atom stereocenters. The van der Waals surface area contributed by atoms with E-state index >= 15 is 0 Å². The van der Waals surface area contributed by atoms with Crippen LogP contribution in [0.5, 0.6) is 5.75 Å². The van der Waals surface area contributed by atoms with Gasteiger partial charge in [0.2, 0.25) is 5.91 Å². The topological polar surface area (TPSA) is 38.3 Å². The summed E-state index contributed by atoms with van der Waals surface area (Å²) in [5.41, 5.74) is 1.26. The Bertz CT molecular complexity index is 662. The maximum atomic E-state index is 11.3. The molecule has 116 valence electrons. The van der Waals surface area contributed by atoms with Crippen LogP contribution in [0.25, 0.3) is 10.8 Å². The van der Waals surface area contributed by atoms with Gasteiger partial charge in [0, 0.05) is 13.0 Å². The number of amides is 1. The van der Waals surface area contributed by atoms with Crippen molar-refractivity contribution in [2.45, 2.75) is 32.6 Å². The third-order valence-electron chi connectivity index (χ3n) is 4.16. The lowest BCUT2D eigenvalue weighted by Crippen LogP contribution is -2.24. The molecule has 1 aliphatic rings. The molecule has 22 heavy (non-hydrogen) atoms. The second-order valence-electron chi connectivity index (χ2n) is 6.01. The molecule has 0 radical (unpaired) electrons. The Morgan fingerprint density at radius 1 is 1.27 bits per heavy atom. The molecule has 1 aliphatic carbocycles. The van der Waals surface area contributed by atoms with Crippen LogP contribution in [0.2, 0.25) is 0 Å². The standard InChI is InChI=1S/C19H23NO2/c1-2-19(21)20-11-10-16-5-3-4-15-8-9-17(12-18(15)16)22-13-14-6-7-14/h3-5,8-9,12,14H,2,6-7,10-11,13H2,1H3,(H,20,21). The quantitative estimate of drug-likeness (QED) is 0.846. The molecule has 0 unspecified atom stereocenters. The van der Waals surface area contributed by atoms with Crippen LogP contribution >= 0.6 is 0 Å². The molecule has 0 aliphatic heterocycles. The third-order valence-corrected chi connectivity index (χ3v) is 4.16. The van der Waals surface area contributed by atoms with Crippen LogP contribution in [0.1, 0.15) is 31.7 Å². The number of hydrogen-bond acceptors (Lipinski definition) is 2. The highest BCUT2D eigenvalue weighted by atomic mass is 16.5. The SMILES string of the molecule is CCC(=O)NCCc1cccc2ccc(OCC3CC3)cc12. The first-order valence-corrected chi connectivity index (χ1v) is 8.17. The summed E-state index contributed by atoms with van der Waals surface area (Å²) in [6, 6.07) is 12.6. The molecule has 0 spiro atoms. The average Bonchev–Trinajstić information content (AvgIpc) is 3.37. The highest BCUT2D eigenvalue weighted by molar-refractivity contribution is 5.87. The van der Waals surface area contributed by atoms with Gasteiger partial charge >= 0.3 is 0 Å². The summed E-state index contributed by atoms with van der Waals surface area (Å²) in [6.07, 6.45) is 3.98. The predicted molar refractivity (Wildman–Crippen MR) is 89.2 cm³/mol. The van der Waals surface area contributed by atoms with Gasteiger partial charge in [0.1, 0.15) is 5.75 Å². The van der Waals surface area contributed by atoms with Crippen molar-refractivity contribution in [1.82, 2.24) is 5.32 Å². The van der Waals surface area contributed by atoms with E-state index < -0.39 is 0 Å². The first-order chi connectivity index (χ1) is 10.8. The summed E-state index contributed by atoms with van der Waals surface area (Å²) < 4.78 is 5.88. The molecule has 3 rings (SSSR count). The number of rotatable bonds is 7. The molecular formula is C19H23NO2. The minimum atomic E-state index is 0.105. The van der Waals surface area contributed by atoms with Gasteiger partial charge in [0.15, 0.2) is 0 Å². The molecule has 1 N–H and O–H groups in total. The monoisotopic (exact) mass is 297 g/mol. The summed E-state index contributed by atoms with van der Waals surface area (Å²) in [5, 5.41) is 5.38. The highest BCUT2D eigenvalue weighted by Crippen LogP contribution is 2.30. The van der Waals surface area contributed by atoms with E-state index in [-0.39, 0.29) is 5.91 Å². The Morgan fingerprint density at radius 3 is 2.91 bits per heavy atom. The lowest BCUT2D eigenvalue weighted by molar-refractivity contribution is -0.120. The molecule has 2 aromatic carbocycles. The van der Waals surface area contributed by atoms with Gasteiger partial charge in [-0.3, -0.25) is 4.79 Å². The first kappa shape index (κ1) is 14.9. The first-order valence-electron chi connectivity index (χ1n) is 8.17. The zero-order valence-electron chi connectivity index (χ0n) is 13.1. The van der Waals surface area contributed by atoms with E-state index in [0.717, 1.165) is 24.7 Å². The third kappa shape index (κ3) is 3.79. The predicted octanol–water partition coefficient (Wildman–Crippen LogP) is 3.70. The zero-order chi connectivity index (χ0) is 15.4.